The Hall–Kier alpha value is -0.890. The maximum absolute atomic E-state index is 5.76. The summed E-state index contributed by atoms with van der Waals surface area (Å²) in [6.07, 6.45) is 1.32. The highest BCUT2D eigenvalue weighted by molar-refractivity contribution is 5.79. The maximum atomic E-state index is 5.76. The van der Waals surface area contributed by atoms with E-state index in [-0.39, 0.29) is 6.10 Å². The second-order valence-corrected chi connectivity index (χ2v) is 6.21. The molecule has 7 nitrogen and oxygen atoms in total. The van der Waals surface area contributed by atoms with Gasteiger partial charge in [-0.05, 0) is 26.9 Å². The monoisotopic (exact) mass is 327 g/mol. The van der Waals surface area contributed by atoms with Crippen molar-refractivity contribution < 1.29 is 9.47 Å². The molecule has 7 heteroatoms. The van der Waals surface area contributed by atoms with Gasteiger partial charge in [-0.15, -0.1) is 0 Å². The van der Waals surface area contributed by atoms with Crippen LogP contribution in [-0.4, -0.2) is 101 Å². The van der Waals surface area contributed by atoms with Crippen LogP contribution in [0.15, 0.2) is 4.99 Å². The number of hydrogen-bond donors (Lipinski definition) is 2. The molecule has 2 aliphatic heterocycles. The van der Waals surface area contributed by atoms with Crippen molar-refractivity contribution >= 4 is 5.96 Å². The van der Waals surface area contributed by atoms with E-state index in [1.807, 2.05) is 0 Å². The van der Waals surface area contributed by atoms with E-state index in [4.69, 9.17) is 9.47 Å². The van der Waals surface area contributed by atoms with E-state index in [0.717, 1.165) is 78.0 Å². The number of morpholine rings is 2. The highest BCUT2D eigenvalue weighted by Crippen LogP contribution is 2.03. The quantitative estimate of drug-likeness (QED) is 0.377. The molecule has 1 atom stereocenters. The average Bonchev–Trinajstić information content (AvgIpc) is 2.57. The predicted octanol–water partition coefficient (Wildman–Crippen LogP) is -0.406. The van der Waals surface area contributed by atoms with Crippen LogP contribution in [0.4, 0.5) is 0 Å². The van der Waals surface area contributed by atoms with Gasteiger partial charge in [0.2, 0.25) is 0 Å². The van der Waals surface area contributed by atoms with Gasteiger partial charge in [-0.25, -0.2) is 0 Å². The zero-order valence-corrected chi connectivity index (χ0v) is 14.7. The highest BCUT2D eigenvalue weighted by Gasteiger charge is 2.17. The lowest BCUT2D eigenvalue weighted by molar-refractivity contribution is -0.0136. The summed E-state index contributed by atoms with van der Waals surface area (Å²) < 4.78 is 11.1. The van der Waals surface area contributed by atoms with Crippen LogP contribution < -0.4 is 10.6 Å². The normalized spacial score (nSPS) is 24.6. The first kappa shape index (κ1) is 18.4. The van der Waals surface area contributed by atoms with E-state index in [1.165, 1.54) is 0 Å². The summed E-state index contributed by atoms with van der Waals surface area (Å²) in [4.78, 5) is 9.42. The van der Waals surface area contributed by atoms with Crippen molar-refractivity contribution in [1.82, 2.24) is 20.4 Å². The minimum absolute atomic E-state index is 0.206. The molecule has 2 N–H and O–H groups in total. The van der Waals surface area contributed by atoms with Crippen molar-refractivity contribution in [3.8, 4) is 0 Å². The molecule has 2 saturated heterocycles. The third-order valence-electron chi connectivity index (χ3n) is 4.19. The number of hydrogen-bond acceptors (Lipinski definition) is 5. The van der Waals surface area contributed by atoms with Gasteiger partial charge in [0.05, 0.1) is 32.5 Å². The van der Waals surface area contributed by atoms with Crippen LogP contribution in [-0.2, 0) is 9.47 Å². The molecule has 0 spiro atoms. The van der Waals surface area contributed by atoms with Gasteiger partial charge in [0.1, 0.15) is 0 Å². The van der Waals surface area contributed by atoms with Crippen molar-refractivity contribution in [2.45, 2.75) is 19.4 Å². The standard InChI is InChI=1S/C16H33N5O2/c1-3-17-16(19-13-15-14-20(2)7-12-23-15)18-5-4-6-21-8-10-22-11-9-21/h15H,3-14H2,1-2H3,(H2,17,18,19). The van der Waals surface area contributed by atoms with Gasteiger partial charge in [-0.2, -0.15) is 0 Å². The molecule has 1 unspecified atom stereocenters. The van der Waals surface area contributed by atoms with Crippen LogP contribution in [0.2, 0.25) is 0 Å². The molecule has 0 aromatic heterocycles. The number of ether oxygens (including phenoxy) is 2. The Morgan fingerprint density at radius 2 is 2.00 bits per heavy atom. The lowest BCUT2D eigenvalue weighted by Crippen LogP contribution is -2.43. The molecule has 0 bridgehead atoms. The van der Waals surface area contributed by atoms with Crippen LogP contribution >= 0.6 is 0 Å². The molecule has 0 amide bonds. The van der Waals surface area contributed by atoms with Gasteiger partial charge in [-0.3, -0.25) is 9.89 Å². The van der Waals surface area contributed by atoms with Gasteiger partial charge >= 0.3 is 0 Å². The topological polar surface area (TPSA) is 61.4 Å². The molecule has 2 aliphatic rings. The molecule has 2 heterocycles. The van der Waals surface area contributed by atoms with E-state index in [9.17, 15) is 0 Å². The molecular weight excluding hydrogens is 294 g/mol. The van der Waals surface area contributed by atoms with Crippen LogP contribution in [0, 0.1) is 0 Å². The van der Waals surface area contributed by atoms with E-state index < -0.39 is 0 Å². The largest absolute Gasteiger partial charge is 0.379 e. The van der Waals surface area contributed by atoms with Crippen LogP contribution in [0.25, 0.3) is 0 Å². The highest BCUT2D eigenvalue weighted by atomic mass is 16.5. The van der Waals surface area contributed by atoms with Crippen molar-refractivity contribution in [2.75, 3.05) is 79.2 Å². The minimum Gasteiger partial charge on any atom is -0.379 e. The summed E-state index contributed by atoms with van der Waals surface area (Å²) in [7, 11) is 2.13. The fraction of sp³-hybridized carbons (Fsp3) is 0.938. The predicted molar refractivity (Wildman–Crippen MR) is 93.1 cm³/mol. The maximum Gasteiger partial charge on any atom is 0.191 e. The van der Waals surface area contributed by atoms with Gasteiger partial charge < -0.3 is 25.0 Å². The fourth-order valence-corrected chi connectivity index (χ4v) is 2.85. The van der Waals surface area contributed by atoms with Crippen LogP contribution in [0.5, 0.6) is 0 Å². The van der Waals surface area contributed by atoms with Crippen molar-refractivity contribution in [2.24, 2.45) is 4.99 Å². The minimum atomic E-state index is 0.206. The summed E-state index contributed by atoms with van der Waals surface area (Å²) in [5.41, 5.74) is 0. The lowest BCUT2D eigenvalue weighted by atomic mass is 10.3. The number of aliphatic imine (C=N–C) groups is 1. The van der Waals surface area contributed by atoms with E-state index in [0.29, 0.717) is 6.54 Å². The smallest absolute Gasteiger partial charge is 0.191 e. The molecule has 134 valence electrons. The summed E-state index contributed by atoms with van der Waals surface area (Å²) in [5.74, 6) is 0.895. The second kappa shape index (κ2) is 10.8. The van der Waals surface area contributed by atoms with Crippen molar-refractivity contribution in [1.29, 1.82) is 0 Å². The zero-order chi connectivity index (χ0) is 16.3. The zero-order valence-electron chi connectivity index (χ0n) is 14.7. The first-order valence-corrected chi connectivity index (χ1v) is 8.90. The number of rotatable bonds is 7. The Kier molecular flexibility index (Phi) is 8.67. The summed E-state index contributed by atoms with van der Waals surface area (Å²) >= 11 is 0. The van der Waals surface area contributed by atoms with Gasteiger partial charge in [0.15, 0.2) is 5.96 Å². The Morgan fingerprint density at radius 1 is 1.17 bits per heavy atom. The van der Waals surface area contributed by atoms with Gasteiger partial charge in [0.25, 0.3) is 0 Å². The van der Waals surface area contributed by atoms with Gasteiger partial charge in [-0.1, -0.05) is 0 Å². The number of guanidine groups is 1. The lowest BCUT2D eigenvalue weighted by Gasteiger charge is -2.29. The van der Waals surface area contributed by atoms with Gasteiger partial charge in [0, 0.05) is 39.3 Å². The number of nitrogens with one attached hydrogen (secondary N) is 2. The second-order valence-electron chi connectivity index (χ2n) is 6.21. The molecule has 0 aromatic carbocycles. The molecule has 0 radical (unpaired) electrons. The summed E-state index contributed by atoms with van der Waals surface area (Å²) in [5, 5.41) is 6.73. The van der Waals surface area contributed by atoms with E-state index in [2.05, 4.69) is 39.4 Å². The van der Waals surface area contributed by atoms with Crippen molar-refractivity contribution in [3.63, 3.8) is 0 Å². The first-order valence-electron chi connectivity index (χ1n) is 8.90. The Morgan fingerprint density at radius 3 is 2.74 bits per heavy atom. The summed E-state index contributed by atoms with van der Waals surface area (Å²) in [6.45, 7) is 12.4. The third-order valence-corrected chi connectivity index (χ3v) is 4.19. The molecular formula is C16H33N5O2. The number of nitrogens with zero attached hydrogens (tertiary/aromatic N) is 3. The SMILES string of the molecule is CCNC(=NCC1CN(C)CCO1)NCCCN1CCOCC1. The Bertz CT molecular complexity index is 347. The Labute approximate surface area is 140 Å². The molecule has 0 aliphatic carbocycles. The van der Waals surface area contributed by atoms with E-state index >= 15 is 0 Å². The fourth-order valence-electron chi connectivity index (χ4n) is 2.85. The van der Waals surface area contributed by atoms with Crippen LogP contribution in [0.1, 0.15) is 13.3 Å². The molecule has 2 fully saturated rings. The third kappa shape index (κ3) is 7.48. The first-order chi connectivity index (χ1) is 11.3. The molecule has 23 heavy (non-hydrogen) atoms. The van der Waals surface area contributed by atoms with Crippen molar-refractivity contribution in [3.05, 3.63) is 0 Å². The number of likely N-dealkylation sites (N-methyl/N-ethyl adjacent to an activating group) is 1. The summed E-state index contributed by atoms with van der Waals surface area (Å²) in [6, 6.07) is 0. The Balaban J connectivity index is 1.64. The van der Waals surface area contributed by atoms with E-state index in [1.54, 1.807) is 0 Å². The van der Waals surface area contributed by atoms with Crippen LogP contribution in [0.3, 0.4) is 0 Å². The molecule has 0 saturated carbocycles. The average molecular weight is 327 g/mol. The molecule has 0 aromatic rings. The molecule has 2 rings (SSSR count).